The summed E-state index contributed by atoms with van der Waals surface area (Å²) < 4.78 is 4.11. The zero-order valence-electron chi connectivity index (χ0n) is 12.3. The van der Waals surface area contributed by atoms with Gasteiger partial charge >= 0.3 is 0 Å². The van der Waals surface area contributed by atoms with Crippen molar-refractivity contribution in [3.05, 3.63) is 30.1 Å². The Labute approximate surface area is 119 Å². The van der Waals surface area contributed by atoms with Gasteiger partial charge in [-0.3, -0.25) is 4.68 Å². The zero-order valence-corrected chi connectivity index (χ0v) is 12.3. The lowest BCUT2D eigenvalue weighted by molar-refractivity contribution is 0.360. The van der Waals surface area contributed by atoms with Crippen molar-refractivity contribution >= 4 is 0 Å². The number of hydrogen-bond donors (Lipinski definition) is 1. The van der Waals surface area contributed by atoms with Gasteiger partial charge in [0.25, 0.3) is 0 Å². The highest BCUT2D eigenvalue weighted by molar-refractivity contribution is 5.07. The lowest BCUT2D eigenvalue weighted by Crippen LogP contribution is -2.34. The smallest absolute Gasteiger partial charge is 0.146 e. The number of aromatic nitrogens is 5. The van der Waals surface area contributed by atoms with Gasteiger partial charge in [0.15, 0.2) is 0 Å². The fourth-order valence-electron chi connectivity index (χ4n) is 2.40. The first-order valence-electron chi connectivity index (χ1n) is 7.27. The first kappa shape index (κ1) is 13.3. The van der Waals surface area contributed by atoms with Crippen LogP contribution >= 0.6 is 0 Å². The quantitative estimate of drug-likeness (QED) is 0.869. The standard InChI is InChI=1S/C14H22N6/c1-10(11(2)20-8-4-7-16-20)15-9-13-17-18-14(19(13)3)12-5-6-12/h4,7-8,10-12,15H,5-6,9H2,1-3H3/t10-,11-/m0/s1. The number of nitrogens with zero attached hydrogens (tertiary/aromatic N) is 5. The van der Waals surface area contributed by atoms with E-state index in [0.29, 0.717) is 18.0 Å². The summed E-state index contributed by atoms with van der Waals surface area (Å²) in [7, 11) is 2.06. The van der Waals surface area contributed by atoms with Crippen LogP contribution in [-0.4, -0.2) is 30.6 Å². The second-order valence-electron chi connectivity index (χ2n) is 5.70. The van der Waals surface area contributed by atoms with Crippen LogP contribution in [-0.2, 0) is 13.6 Å². The molecular weight excluding hydrogens is 252 g/mol. The molecule has 20 heavy (non-hydrogen) atoms. The molecule has 2 heterocycles. The minimum atomic E-state index is 0.307. The third-order valence-electron chi connectivity index (χ3n) is 4.19. The normalized spacial score (nSPS) is 18.1. The molecule has 1 aliphatic rings. The monoisotopic (exact) mass is 274 g/mol. The molecule has 0 radical (unpaired) electrons. The van der Waals surface area contributed by atoms with Crippen molar-refractivity contribution in [1.29, 1.82) is 0 Å². The highest BCUT2D eigenvalue weighted by Gasteiger charge is 2.29. The highest BCUT2D eigenvalue weighted by atomic mass is 15.3. The summed E-state index contributed by atoms with van der Waals surface area (Å²) in [4.78, 5) is 0. The van der Waals surface area contributed by atoms with Crippen LogP contribution in [0.15, 0.2) is 18.5 Å². The van der Waals surface area contributed by atoms with E-state index in [0.717, 1.165) is 18.2 Å². The molecule has 2 atom stereocenters. The molecule has 0 bridgehead atoms. The molecule has 0 unspecified atom stereocenters. The van der Waals surface area contributed by atoms with Gasteiger partial charge in [-0.1, -0.05) is 0 Å². The van der Waals surface area contributed by atoms with E-state index in [-0.39, 0.29) is 0 Å². The molecule has 2 aromatic heterocycles. The van der Waals surface area contributed by atoms with Crippen molar-refractivity contribution in [2.45, 2.75) is 51.2 Å². The van der Waals surface area contributed by atoms with E-state index in [1.807, 2.05) is 23.1 Å². The first-order valence-corrected chi connectivity index (χ1v) is 7.27. The number of nitrogens with one attached hydrogen (secondary N) is 1. The number of rotatable bonds is 6. The summed E-state index contributed by atoms with van der Waals surface area (Å²) in [6, 6.07) is 2.57. The fourth-order valence-corrected chi connectivity index (χ4v) is 2.40. The Kier molecular flexibility index (Phi) is 3.56. The van der Waals surface area contributed by atoms with Crippen molar-refractivity contribution in [3.8, 4) is 0 Å². The minimum absolute atomic E-state index is 0.307. The molecule has 0 saturated heterocycles. The maximum absolute atomic E-state index is 4.31. The number of hydrogen-bond acceptors (Lipinski definition) is 4. The second kappa shape index (κ2) is 5.36. The highest BCUT2D eigenvalue weighted by Crippen LogP contribution is 2.38. The SMILES string of the molecule is C[C@H](NCc1nnc(C2CC2)n1C)[C@H](C)n1cccn1. The molecule has 0 spiro atoms. The summed E-state index contributed by atoms with van der Waals surface area (Å²) in [6.07, 6.45) is 6.32. The molecule has 1 aliphatic carbocycles. The van der Waals surface area contributed by atoms with Gasteiger partial charge in [0, 0.05) is 31.4 Å². The summed E-state index contributed by atoms with van der Waals surface area (Å²) in [6.45, 7) is 5.07. The second-order valence-corrected chi connectivity index (χ2v) is 5.70. The van der Waals surface area contributed by atoms with E-state index in [2.05, 4.69) is 46.1 Å². The summed E-state index contributed by atoms with van der Waals surface area (Å²) in [5, 5.41) is 16.4. The Morgan fingerprint density at radius 3 is 2.80 bits per heavy atom. The molecule has 6 heteroatoms. The van der Waals surface area contributed by atoms with E-state index in [1.54, 1.807) is 0 Å². The molecule has 1 fully saturated rings. The van der Waals surface area contributed by atoms with Gasteiger partial charge in [0.2, 0.25) is 0 Å². The maximum atomic E-state index is 4.31. The van der Waals surface area contributed by atoms with Gasteiger partial charge in [0.05, 0.1) is 12.6 Å². The average Bonchev–Trinajstić information content (AvgIpc) is 3.01. The first-order chi connectivity index (χ1) is 9.66. The van der Waals surface area contributed by atoms with Crippen LogP contribution in [0.25, 0.3) is 0 Å². The minimum Gasteiger partial charge on any atom is -0.317 e. The Balaban J connectivity index is 1.58. The molecule has 0 aromatic carbocycles. The van der Waals surface area contributed by atoms with Gasteiger partial charge < -0.3 is 9.88 Å². The zero-order chi connectivity index (χ0) is 14.1. The summed E-state index contributed by atoms with van der Waals surface area (Å²) in [5.41, 5.74) is 0. The molecule has 3 rings (SSSR count). The Bertz CT molecular complexity index is 554. The van der Waals surface area contributed by atoms with Crippen molar-refractivity contribution < 1.29 is 0 Å². The van der Waals surface area contributed by atoms with Gasteiger partial charge in [-0.25, -0.2) is 0 Å². The summed E-state index contributed by atoms with van der Waals surface area (Å²) in [5.74, 6) is 2.78. The van der Waals surface area contributed by atoms with Gasteiger partial charge in [-0.2, -0.15) is 5.10 Å². The van der Waals surface area contributed by atoms with E-state index in [4.69, 9.17) is 0 Å². The fraction of sp³-hybridized carbons (Fsp3) is 0.643. The van der Waals surface area contributed by atoms with Crippen molar-refractivity contribution in [1.82, 2.24) is 29.9 Å². The van der Waals surface area contributed by atoms with Crippen LogP contribution in [0, 0.1) is 0 Å². The summed E-state index contributed by atoms with van der Waals surface area (Å²) >= 11 is 0. The Morgan fingerprint density at radius 1 is 1.35 bits per heavy atom. The molecular formula is C14H22N6. The Morgan fingerprint density at radius 2 is 2.15 bits per heavy atom. The molecule has 0 aliphatic heterocycles. The molecule has 2 aromatic rings. The molecule has 0 amide bonds. The van der Waals surface area contributed by atoms with Gasteiger partial charge in [0.1, 0.15) is 11.6 Å². The van der Waals surface area contributed by atoms with E-state index >= 15 is 0 Å². The van der Waals surface area contributed by atoms with Crippen LogP contribution in [0.4, 0.5) is 0 Å². The van der Waals surface area contributed by atoms with Crippen LogP contribution in [0.5, 0.6) is 0 Å². The topological polar surface area (TPSA) is 60.6 Å². The van der Waals surface area contributed by atoms with Crippen molar-refractivity contribution in [2.75, 3.05) is 0 Å². The van der Waals surface area contributed by atoms with E-state index < -0.39 is 0 Å². The maximum Gasteiger partial charge on any atom is 0.146 e. The van der Waals surface area contributed by atoms with Gasteiger partial charge in [-0.15, -0.1) is 10.2 Å². The van der Waals surface area contributed by atoms with Crippen LogP contribution < -0.4 is 5.32 Å². The molecule has 1 saturated carbocycles. The van der Waals surface area contributed by atoms with Crippen molar-refractivity contribution in [2.24, 2.45) is 7.05 Å². The predicted octanol–water partition coefficient (Wildman–Crippen LogP) is 1.63. The van der Waals surface area contributed by atoms with Crippen molar-refractivity contribution in [3.63, 3.8) is 0 Å². The molecule has 1 N–H and O–H groups in total. The third-order valence-corrected chi connectivity index (χ3v) is 4.19. The van der Waals surface area contributed by atoms with E-state index in [1.165, 1.54) is 12.8 Å². The van der Waals surface area contributed by atoms with Crippen LogP contribution in [0.3, 0.4) is 0 Å². The average molecular weight is 274 g/mol. The third kappa shape index (κ3) is 2.60. The van der Waals surface area contributed by atoms with Crippen LogP contribution in [0.2, 0.25) is 0 Å². The molecule has 6 nitrogen and oxygen atoms in total. The molecule has 108 valence electrons. The Hall–Kier alpha value is -1.69. The lowest BCUT2D eigenvalue weighted by atomic mass is 10.2. The van der Waals surface area contributed by atoms with Crippen LogP contribution in [0.1, 0.15) is 50.3 Å². The van der Waals surface area contributed by atoms with Gasteiger partial charge in [-0.05, 0) is 32.8 Å². The largest absolute Gasteiger partial charge is 0.317 e. The van der Waals surface area contributed by atoms with E-state index in [9.17, 15) is 0 Å². The lowest BCUT2D eigenvalue weighted by Gasteiger charge is -2.21. The predicted molar refractivity (Wildman–Crippen MR) is 76.2 cm³/mol.